The lowest BCUT2D eigenvalue weighted by molar-refractivity contribution is -0.116. The molecule has 1 aromatic rings. The largest absolute Gasteiger partial charge is 0.349 e. The van der Waals surface area contributed by atoms with E-state index in [1.54, 1.807) is 6.92 Å². The lowest BCUT2D eigenvalue weighted by atomic mass is 10.0. The summed E-state index contributed by atoms with van der Waals surface area (Å²) in [4.78, 5) is 32.4. The summed E-state index contributed by atoms with van der Waals surface area (Å²) in [7, 11) is 2.13. The van der Waals surface area contributed by atoms with E-state index in [1.807, 2.05) is 23.1 Å². The normalized spacial score (nSPS) is 20.1. The van der Waals surface area contributed by atoms with Crippen molar-refractivity contribution in [2.75, 3.05) is 44.7 Å². The fraction of sp³-hybridized carbons (Fsp3) is 0.704. The van der Waals surface area contributed by atoms with Crippen molar-refractivity contribution >= 4 is 17.5 Å². The molecule has 0 spiro atoms. The van der Waals surface area contributed by atoms with Gasteiger partial charge in [0, 0.05) is 43.9 Å². The number of nitrogens with zero attached hydrogens (tertiary/aromatic N) is 3. The molecule has 0 radical (unpaired) electrons. The highest BCUT2D eigenvalue weighted by molar-refractivity contribution is 5.97. The van der Waals surface area contributed by atoms with Gasteiger partial charge in [0.1, 0.15) is 0 Å². The molecule has 1 fully saturated rings. The standard InChI is InChI=1S/C27H44N4O2/c1-21(2)19-30-14-8-6-5-7-9-15-31(22(3)32)26-11-10-23(18-24(26)20-30)27(33)28-25-12-16-29(4)17-13-25/h10-11,18,21,25H,5-9,12-17,19-20H2,1-4H3,(H,28,33). The van der Waals surface area contributed by atoms with Gasteiger partial charge in [0.25, 0.3) is 5.91 Å². The number of amides is 2. The molecule has 1 aromatic carbocycles. The number of hydrogen-bond donors (Lipinski definition) is 1. The molecule has 184 valence electrons. The lowest BCUT2D eigenvalue weighted by Gasteiger charge is -2.31. The molecule has 3 rings (SSSR count). The minimum absolute atomic E-state index is 0.00301. The van der Waals surface area contributed by atoms with Crippen LogP contribution >= 0.6 is 0 Å². The van der Waals surface area contributed by atoms with Crippen LogP contribution in [0.1, 0.15) is 81.6 Å². The smallest absolute Gasteiger partial charge is 0.251 e. The number of carbonyl (C=O) groups is 2. The second kappa shape index (κ2) is 12.5. The van der Waals surface area contributed by atoms with E-state index >= 15 is 0 Å². The molecule has 2 aliphatic heterocycles. The van der Waals surface area contributed by atoms with Crippen LogP contribution < -0.4 is 10.2 Å². The van der Waals surface area contributed by atoms with Gasteiger partial charge >= 0.3 is 0 Å². The van der Waals surface area contributed by atoms with Gasteiger partial charge < -0.3 is 15.1 Å². The topological polar surface area (TPSA) is 55.9 Å². The molecule has 6 nitrogen and oxygen atoms in total. The van der Waals surface area contributed by atoms with Crippen molar-refractivity contribution < 1.29 is 9.59 Å². The van der Waals surface area contributed by atoms with Gasteiger partial charge in [0.2, 0.25) is 5.91 Å². The molecule has 1 saturated heterocycles. The Morgan fingerprint density at radius 3 is 2.33 bits per heavy atom. The Hall–Kier alpha value is -1.92. The molecule has 6 heteroatoms. The first-order chi connectivity index (χ1) is 15.8. The van der Waals surface area contributed by atoms with Crippen LogP contribution in [0.4, 0.5) is 5.69 Å². The number of nitrogens with one attached hydrogen (secondary N) is 1. The van der Waals surface area contributed by atoms with Crippen LogP contribution in [0.5, 0.6) is 0 Å². The number of fused-ring (bicyclic) bond motifs is 1. The minimum atomic E-state index is 0.00301. The van der Waals surface area contributed by atoms with Gasteiger partial charge in [-0.05, 0) is 82.0 Å². The lowest BCUT2D eigenvalue weighted by Crippen LogP contribution is -2.43. The van der Waals surface area contributed by atoms with E-state index in [-0.39, 0.29) is 17.9 Å². The molecule has 2 aliphatic rings. The van der Waals surface area contributed by atoms with Gasteiger partial charge in [-0.25, -0.2) is 0 Å². The molecule has 2 heterocycles. The highest BCUT2D eigenvalue weighted by atomic mass is 16.2. The number of rotatable bonds is 4. The van der Waals surface area contributed by atoms with Crippen molar-refractivity contribution in [3.05, 3.63) is 29.3 Å². The van der Waals surface area contributed by atoms with Gasteiger partial charge in [-0.2, -0.15) is 0 Å². The van der Waals surface area contributed by atoms with Crippen LogP contribution in [0.2, 0.25) is 0 Å². The van der Waals surface area contributed by atoms with Crippen molar-refractivity contribution in [1.82, 2.24) is 15.1 Å². The third kappa shape index (κ3) is 7.82. The number of benzene rings is 1. The molecule has 0 unspecified atom stereocenters. The first kappa shape index (κ1) is 25.7. The average molecular weight is 457 g/mol. The Morgan fingerprint density at radius 1 is 1.00 bits per heavy atom. The van der Waals surface area contributed by atoms with Crippen LogP contribution in [0.3, 0.4) is 0 Å². The fourth-order valence-electron chi connectivity index (χ4n) is 5.11. The van der Waals surface area contributed by atoms with Gasteiger partial charge in [0.15, 0.2) is 0 Å². The number of anilines is 1. The predicted molar refractivity (Wildman–Crippen MR) is 136 cm³/mol. The predicted octanol–water partition coefficient (Wildman–Crippen LogP) is 4.29. The highest BCUT2D eigenvalue weighted by Crippen LogP contribution is 2.26. The Kier molecular flexibility index (Phi) is 9.75. The van der Waals surface area contributed by atoms with E-state index in [4.69, 9.17) is 0 Å². The van der Waals surface area contributed by atoms with E-state index in [0.29, 0.717) is 11.5 Å². The average Bonchev–Trinajstić information content (AvgIpc) is 2.76. The summed E-state index contributed by atoms with van der Waals surface area (Å²) in [5.41, 5.74) is 2.75. The van der Waals surface area contributed by atoms with Crippen LogP contribution in [0, 0.1) is 5.92 Å². The van der Waals surface area contributed by atoms with Crippen LogP contribution in [-0.2, 0) is 11.3 Å². The molecule has 0 bridgehead atoms. The Bertz CT molecular complexity index is 786. The first-order valence-corrected chi connectivity index (χ1v) is 13.0. The molecular weight excluding hydrogens is 412 g/mol. The molecule has 1 N–H and O–H groups in total. The summed E-state index contributed by atoms with van der Waals surface area (Å²) in [6, 6.07) is 6.17. The maximum Gasteiger partial charge on any atom is 0.251 e. The molecule has 0 atom stereocenters. The van der Waals surface area contributed by atoms with Gasteiger partial charge in [-0.15, -0.1) is 0 Å². The van der Waals surface area contributed by atoms with E-state index < -0.39 is 0 Å². The maximum atomic E-state index is 13.1. The summed E-state index contributed by atoms with van der Waals surface area (Å²) in [5.74, 6) is 0.650. The summed E-state index contributed by atoms with van der Waals surface area (Å²) >= 11 is 0. The summed E-state index contributed by atoms with van der Waals surface area (Å²) in [6.45, 7) is 11.8. The second-order valence-electron chi connectivity index (χ2n) is 10.5. The molecule has 0 aromatic heterocycles. The summed E-state index contributed by atoms with van der Waals surface area (Å²) < 4.78 is 0. The van der Waals surface area contributed by atoms with Crippen molar-refractivity contribution in [2.45, 2.75) is 78.3 Å². The Labute approximate surface area is 200 Å². The molecular formula is C27H44N4O2. The van der Waals surface area contributed by atoms with Crippen LogP contribution in [0.25, 0.3) is 0 Å². The van der Waals surface area contributed by atoms with E-state index in [9.17, 15) is 9.59 Å². The van der Waals surface area contributed by atoms with Crippen molar-refractivity contribution in [3.63, 3.8) is 0 Å². The van der Waals surface area contributed by atoms with E-state index in [2.05, 4.69) is 36.0 Å². The third-order valence-electron chi connectivity index (χ3n) is 6.94. The molecule has 33 heavy (non-hydrogen) atoms. The number of likely N-dealkylation sites (tertiary alicyclic amines) is 1. The van der Waals surface area contributed by atoms with Crippen molar-refractivity contribution in [3.8, 4) is 0 Å². The van der Waals surface area contributed by atoms with E-state index in [0.717, 1.165) is 76.2 Å². The number of piperidine rings is 1. The molecule has 2 amide bonds. The van der Waals surface area contributed by atoms with Gasteiger partial charge in [-0.3, -0.25) is 14.5 Å². The van der Waals surface area contributed by atoms with Crippen LogP contribution in [-0.4, -0.2) is 67.4 Å². The minimum Gasteiger partial charge on any atom is -0.349 e. The first-order valence-electron chi connectivity index (χ1n) is 13.0. The highest BCUT2D eigenvalue weighted by Gasteiger charge is 2.22. The third-order valence-corrected chi connectivity index (χ3v) is 6.94. The van der Waals surface area contributed by atoms with Crippen LogP contribution in [0.15, 0.2) is 18.2 Å². The fourth-order valence-corrected chi connectivity index (χ4v) is 5.11. The van der Waals surface area contributed by atoms with Crippen molar-refractivity contribution in [1.29, 1.82) is 0 Å². The molecule has 0 aliphatic carbocycles. The maximum absolute atomic E-state index is 13.1. The quantitative estimate of drug-likeness (QED) is 0.735. The zero-order valence-corrected chi connectivity index (χ0v) is 21.2. The van der Waals surface area contributed by atoms with Gasteiger partial charge in [0.05, 0.1) is 0 Å². The van der Waals surface area contributed by atoms with E-state index in [1.165, 1.54) is 19.3 Å². The van der Waals surface area contributed by atoms with Crippen molar-refractivity contribution in [2.24, 2.45) is 5.92 Å². The second-order valence-corrected chi connectivity index (χ2v) is 10.5. The number of hydrogen-bond acceptors (Lipinski definition) is 4. The number of carbonyl (C=O) groups excluding carboxylic acids is 2. The summed E-state index contributed by atoms with van der Waals surface area (Å²) in [5, 5.41) is 3.25. The Morgan fingerprint density at radius 2 is 1.67 bits per heavy atom. The zero-order chi connectivity index (χ0) is 23.8. The summed E-state index contributed by atoms with van der Waals surface area (Å²) in [6.07, 6.45) is 7.83. The van der Waals surface area contributed by atoms with Gasteiger partial charge in [-0.1, -0.05) is 33.1 Å². The monoisotopic (exact) mass is 456 g/mol. The Balaban J connectivity index is 1.87. The SMILES string of the molecule is CC(=O)N1CCCCCCCN(CC(C)C)Cc2cc(C(=O)NC3CCN(C)CC3)ccc21. The zero-order valence-electron chi connectivity index (χ0n) is 21.2. The molecule has 0 saturated carbocycles.